The molecule has 0 heterocycles. The van der Waals surface area contributed by atoms with Gasteiger partial charge in [-0.2, -0.15) is 0 Å². The van der Waals surface area contributed by atoms with Gasteiger partial charge >= 0.3 is 0 Å². The third-order valence-corrected chi connectivity index (χ3v) is 3.99. The summed E-state index contributed by atoms with van der Waals surface area (Å²) in [4.78, 5) is 0. The first-order valence-corrected chi connectivity index (χ1v) is 7.53. The van der Waals surface area contributed by atoms with Crippen LogP contribution in [0.1, 0.15) is 31.4 Å². The lowest BCUT2D eigenvalue weighted by molar-refractivity contribution is 0.0205. The van der Waals surface area contributed by atoms with Crippen LogP contribution in [0.25, 0.3) is 0 Å². The van der Waals surface area contributed by atoms with E-state index in [0.717, 1.165) is 0 Å². The predicted octanol–water partition coefficient (Wildman–Crippen LogP) is 3.78. The van der Waals surface area contributed by atoms with E-state index < -0.39 is 0 Å². The summed E-state index contributed by atoms with van der Waals surface area (Å²) in [5.74, 6) is 0. The summed E-state index contributed by atoms with van der Waals surface area (Å²) in [6.07, 6.45) is 0.328. The van der Waals surface area contributed by atoms with Crippen molar-refractivity contribution in [1.29, 1.82) is 0 Å². The van der Waals surface area contributed by atoms with Gasteiger partial charge in [-0.25, -0.2) is 0 Å². The Morgan fingerprint density at radius 2 is 1.43 bits per heavy atom. The van der Waals surface area contributed by atoms with Gasteiger partial charge in [0.25, 0.3) is 0 Å². The second-order valence-corrected chi connectivity index (χ2v) is 5.64. The van der Waals surface area contributed by atoms with Crippen molar-refractivity contribution in [2.75, 3.05) is 13.2 Å². The highest BCUT2D eigenvalue weighted by atomic mass is 16.5. The van der Waals surface area contributed by atoms with Crippen LogP contribution in [-0.2, 0) is 10.2 Å². The normalized spacial score (nSPS) is 13.1. The molecule has 2 rings (SSSR count). The maximum absolute atomic E-state index is 9.67. The molecule has 0 aromatic heterocycles. The molecule has 112 valence electrons. The van der Waals surface area contributed by atoms with Gasteiger partial charge < -0.3 is 9.84 Å². The first-order chi connectivity index (χ1) is 10.2. The molecule has 1 unspecified atom stereocenters. The lowest BCUT2D eigenvalue weighted by atomic mass is 9.77. The molecule has 21 heavy (non-hydrogen) atoms. The van der Waals surface area contributed by atoms with Crippen molar-refractivity contribution < 1.29 is 9.84 Å². The van der Waals surface area contributed by atoms with Gasteiger partial charge in [-0.3, -0.25) is 0 Å². The van der Waals surface area contributed by atoms with E-state index >= 15 is 0 Å². The number of aliphatic hydroxyl groups is 1. The van der Waals surface area contributed by atoms with Gasteiger partial charge in [-0.15, -0.1) is 0 Å². The van der Waals surface area contributed by atoms with Crippen LogP contribution in [0.3, 0.4) is 0 Å². The topological polar surface area (TPSA) is 29.5 Å². The monoisotopic (exact) mass is 284 g/mol. The molecular weight excluding hydrogens is 260 g/mol. The Labute approximate surface area is 127 Å². The number of hydrogen-bond donors (Lipinski definition) is 1. The van der Waals surface area contributed by atoms with E-state index in [9.17, 15) is 5.11 Å². The van der Waals surface area contributed by atoms with Crippen molar-refractivity contribution in [2.24, 2.45) is 0 Å². The van der Waals surface area contributed by atoms with E-state index in [1.54, 1.807) is 0 Å². The summed E-state index contributed by atoms with van der Waals surface area (Å²) in [7, 11) is 0. The molecule has 0 bridgehead atoms. The van der Waals surface area contributed by atoms with E-state index in [1.165, 1.54) is 11.1 Å². The molecule has 0 radical (unpaired) electrons. The standard InChI is InChI=1S/C19H24O2/c1-3-18(20)14-21-15-19(2,16-10-6-4-7-11-16)17-12-8-5-9-13-17/h4-13,18,20H,3,14-15H2,1-2H3. The Balaban J connectivity index is 2.23. The Morgan fingerprint density at radius 1 is 0.952 bits per heavy atom. The van der Waals surface area contributed by atoms with Crippen molar-refractivity contribution in [3.63, 3.8) is 0 Å². The van der Waals surface area contributed by atoms with Crippen LogP contribution in [-0.4, -0.2) is 24.4 Å². The van der Waals surface area contributed by atoms with Crippen LogP contribution in [0, 0.1) is 0 Å². The minimum atomic E-state index is -0.388. The van der Waals surface area contributed by atoms with Crippen LogP contribution in [0.4, 0.5) is 0 Å². The zero-order chi connectivity index (χ0) is 15.1. The molecular formula is C19H24O2. The molecule has 1 atom stereocenters. The SMILES string of the molecule is CCC(O)COCC(C)(c1ccccc1)c1ccccc1. The van der Waals surface area contributed by atoms with Gasteiger partial charge in [0, 0.05) is 5.41 Å². The minimum absolute atomic E-state index is 0.212. The van der Waals surface area contributed by atoms with Gasteiger partial charge in [0.2, 0.25) is 0 Å². The van der Waals surface area contributed by atoms with Crippen LogP contribution in [0.15, 0.2) is 60.7 Å². The predicted molar refractivity (Wildman–Crippen MR) is 86.5 cm³/mol. The Hall–Kier alpha value is -1.64. The quantitative estimate of drug-likeness (QED) is 0.838. The average Bonchev–Trinajstić information content (AvgIpc) is 2.56. The summed E-state index contributed by atoms with van der Waals surface area (Å²) in [5, 5.41) is 9.67. The summed E-state index contributed by atoms with van der Waals surface area (Å²) in [6.45, 7) is 5.08. The minimum Gasteiger partial charge on any atom is -0.391 e. The fourth-order valence-corrected chi connectivity index (χ4v) is 2.46. The summed E-state index contributed by atoms with van der Waals surface area (Å²) in [5.41, 5.74) is 2.24. The highest BCUT2D eigenvalue weighted by molar-refractivity contribution is 5.38. The number of aliphatic hydroxyl groups excluding tert-OH is 1. The van der Waals surface area contributed by atoms with Crippen molar-refractivity contribution in [3.8, 4) is 0 Å². The second kappa shape index (κ2) is 7.39. The number of ether oxygens (including phenoxy) is 1. The highest BCUT2D eigenvalue weighted by Crippen LogP contribution is 2.32. The third kappa shape index (κ3) is 3.93. The maximum Gasteiger partial charge on any atom is 0.0771 e. The third-order valence-electron chi connectivity index (χ3n) is 3.99. The van der Waals surface area contributed by atoms with Gasteiger partial charge in [0.1, 0.15) is 0 Å². The second-order valence-electron chi connectivity index (χ2n) is 5.64. The van der Waals surface area contributed by atoms with Gasteiger partial charge in [0.15, 0.2) is 0 Å². The summed E-state index contributed by atoms with van der Waals surface area (Å²) in [6, 6.07) is 20.8. The molecule has 0 amide bonds. The number of rotatable bonds is 7. The molecule has 2 heteroatoms. The fraction of sp³-hybridized carbons (Fsp3) is 0.368. The van der Waals surface area contributed by atoms with Crippen molar-refractivity contribution >= 4 is 0 Å². The van der Waals surface area contributed by atoms with Crippen molar-refractivity contribution in [2.45, 2.75) is 31.8 Å². The first kappa shape index (κ1) is 15.7. The van der Waals surface area contributed by atoms with Crippen LogP contribution in [0.5, 0.6) is 0 Å². The summed E-state index contributed by atoms with van der Waals surface area (Å²) < 4.78 is 5.81. The molecule has 0 aliphatic rings. The van der Waals surface area contributed by atoms with E-state index in [4.69, 9.17) is 4.74 Å². The summed E-state index contributed by atoms with van der Waals surface area (Å²) >= 11 is 0. The van der Waals surface area contributed by atoms with Crippen LogP contribution >= 0.6 is 0 Å². The Morgan fingerprint density at radius 3 is 1.86 bits per heavy atom. The van der Waals surface area contributed by atoms with E-state index in [1.807, 2.05) is 19.1 Å². The number of benzene rings is 2. The van der Waals surface area contributed by atoms with Gasteiger partial charge in [-0.05, 0) is 24.5 Å². The smallest absolute Gasteiger partial charge is 0.0771 e. The van der Waals surface area contributed by atoms with E-state index in [0.29, 0.717) is 19.6 Å². The highest BCUT2D eigenvalue weighted by Gasteiger charge is 2.29. The molecule has 0 saturated carbocycles. The Kier molecular flexibility index (Phi) is 5.54. The lowest BCUT2D eigenvalue weighted by Crippen LogP contribution is -2.31. The van der Waals surface area contributed by atoms with Gasteiger partial charge in [-0.1, -0.05) is 67.6 Å². The molecule has 1 N–H and O–H groups in total. The lowest BCUT2D eigenvalue weighted by Gasteiger charge is -2.31. The maximum atomic E-state index is 9.67. The molecule has 0 aliphatic carbocycles. The van der Waals surface area contributed by atoms with E-state index in [2.05, 4.69) is 55.5 Å². The molecule has 2 aromatic rings. The van der Waals surface area contributed by atoms with E-state index in [-0.39, 0.29) is 11.5 Å². The van der Waals surface area contributed by atoms with Gasteiger partial charge in [0.05, 0.1) is 19.3 Å². The van der Waals surface area contributed by atoms with Crippen LogP contribution in [0.2, 0.25) is 0 Å². The molecule has 2 nitrogen and oxygen atoms in total. The molecule has 0 aliphatic heterocycles. The van der Waals surface area contributed by atoms with Crippen molar-refractivity contribution in [1.82, 2.24) is 0 Å². The molecule has 0 saturated heterocycles. The fourth-order valence-electron chi connectivity index (χ4n) is 2.46. The Bertz CT molecular complexity index is 482. The van der Waals surface area contributed by atoms with Crippen LogP contribution < -0.4 is 0 Å². The molecule has 0 fully saturated rings. The zero-order valence-corrected chi connectivity index (χ0v) is 12.8. The molecule has 0 spiro atoms. The first-order valence-electron chi connectivity index (χ1n) is 7.53. The molecule has 2 aromatic carbocycles. The van der Waals surface area contributed by atoms with Crippen molar-refractivity contribution in [3.05, 3.63) is 71.8 Å². The number of hydrogen-bond acceptors (Lipinski definition) is 2. The zero-order valence-electron chi connectivity index (χ0n) is 12.8. The average molecular weight is 284 g/mol. The largest absolute Gasteiger partial charge is 0.391 e.